The number of unbranched alkanes of at least 4 members (excludes halogenated alkanes) is 1. The Morgan fingerprint density at radius 3 is 2.63 bits per heavy atom. The fourth-order valence-electron chi connectivity index (χ4n) is 2.54. The molecule has 1 rings (SSSR count). The van der Waals surface area contributed by atoms with E-state index in [1.807, 2.05) is 0 Å². The van der Waals surface area contributed by atoms with Gasteiger partial charge in [0.1, 0.15) is 0 Å². The van der Waals surface area contributed by atoms with Crippen LogP contribution in [0.4, 0.5) is 0 Å². The Labute approximate surface area is 131 Å². The van der Waals surface area contributed by atoms with Crippen LogP contribution in [0, 0.1) is 16.4 Å². The van der Waals surface area contributed by atoms with Gasteiger partial charge in [-0.1, -0.05) is 57.7 Å². The summed E-state index contributed by atoms with van der Waals surface area (Å²) in [5, 5.41) is 0. The number of hydrazine groups is 1. The van der Waals surface area contributed by atoms with Crippen LogP contribution in [0.25, 0.3) is 0 Å². The second-order valence-corrected chi connectivity index (χ2v) is 6.43. The molecule has 0 aromatic heterocycles. The molecule has 3 N–H and O–H groups in total. The number of nitrogens with one attached hydrogen (secondary N) is 1. The number of rotatable bonds is 8. The summed E-state index contributed by atoms with van der Waals surface area (Å²) in [6, 6.07) is 6.76. The van der Waals surface area contributed by atoms with Gasteiger partial charge in [-0.05, 0) is 53.0 Å². The lowest BCUT2D eigenvalue weighted by molar-refractivity contribution is 0.355. The molecule has 0 bridgehead atoms. The molecule has 3 heteroatoms. The van der Waals surface area contributed by atoms with Gasteiger partial charge in [0, 0.05) is 9.61 Å². The van der Waals surface area contributed by atoms with Crippen molar-refractivity contribution in [2.75, 3.05) is 0 Å². The summed E-state index contributed by atoms with van der Waals surface area (Å²) in [6.07, 6.45) is 6.28. The van der Waals surface area contributed by atoms with E-state index in [9.17, 15) is 0 Å². The molecule has 1 aromatic rings. The third kappa shape index (κ3) is 5.04. The lowest BCUT2D eigenvalue weighted by Gasteiger charge is -2.24. The Bertz CT molecular complexity index is 379. The summed E-state index contributed by atoms with van der Waals surface area (Å²) in [5.41, 5.74) is 5.70. The van der Waals surface area contributed by atoms with Gasteiger partial charge in [-0.15, -0.1) is 0 Å². The van der Waals surface area contributed by atoms with E-state index in [-0.39, 0.29) is 6.04 Å². The molecule has 0 heterocycles. The molecule has 0 aliphatic heterocycles. The minimum Gasteiger partial charge on any atom is -0.271 e. The Hall–Kier alpha value is -0.130. The third-order valence-corrected chi connectivity index (χ3v) is 5.38. The minimum absolute atomic E-state index is 0.272. The molecule has 0 aliphatic rings. The summed E-state index contributed by atoms with van der Waals surface area (Å²) in [7, 11) is 0. The molecule has 2 nitrogen and oxygen atoms in total. The zero-order valence-corrected chi connectivity index (χ0v) is 14.5. The first-order valence-electron chi connectivity index (χ1n) is 7.35. The molecule has 0 amide bonds. The van der Waals surface area contributed by atoms with Crippen molar-refractivity contribution in [3.8, 4) is 0 Å². The van der Waals surface area contributed by atoms with Crippen LogP contribution in [-0.4, -0.2) is 0 Å². The first-order chi connectivity index (χ1) is 9.13. The van der Waals surface area contributed by atoms with Gasteiger partial charge in [-0.2, -0.15) is 0 Å². The van der Waals surface area contributed by atoms with E-state index in [4.69, 9.17) is 5.84 Å². The highest BCUT2D eigenvalue weighted by atomic mass is 127. The Balaban J connectivity index is 2.79. The lowest BCUT2D eigenvalue weighted by Crippen LogP contribution is -2.30. The maximum Gasteiger partial charge on any atom is 0.0473 e. The molecule has 2 unspecified atom stereocenters. The molecule has 0 spiro atoms. The highest BCUT2D eigenvalue weighted by Gasteiger charge is 2.18. The number of aryl methyl sites for hydroxylation is 1. The van der Waals surface area contributed by atoms with E-state index in [0.717, 1.165) is 12.3 Å². The monoisotopic (exact) mass is 374 g/mol. The van der Waals surface area contributed by atoms with E-state index in [1.54, 1.807) is 0 Å². The fraction of sp³-hybridized carbons (Fsp3) is 0.625. The molecule has 0 saturated heterocycles. The van der Waals surface area contributed by atoms with Crippen molar-refractivity contribution < 1.29 is 0 Å². The Morgan fingerprint density at radius 1 is 1.32 bits per heavy atom. The second kappa shape index (κ2) is 8.93. The molecule has 19 heavy (non-hydrogen) atoms. The van der Waals surface area contributed by atoms with Crippen LogP contribution in [0.1, 0.15) is 63.1 Å². The van der Waals surface area contributed by atoms with Crippen molar-refractivity contribution in [3.05, 3.63) is 32.9 Å². The van der Waals surface area contributed by atoms with Crippen molar-refractivity contribution in [3.63, 3.8) is 0 Å². The average Bonchev–Trinajstić information content (AvgIpc) is 2.43. The first kappa shape index (κ1) is 16.9. The standard InChI is InChI=1S/C16H27IN2/c1-4-6-9-13(5-2)11-15(19-18)14-10-7-8-12(3)16(14)17/h7-8,10,13,15,19H,4-6,9,11,18H2,1-3H3. The van der Waals surface area contributed by atoms with Gasteiger partial charge in [-0.3, -0.25) is 11.3 Å². The predicted octanol–water partition coefficient (Wildman–Crippen LogP) is 4.71. The van der Waals surface area contributed by atoms with Gasteiger partial charge in [0.2, 0.25) is 0 Å². The first-order valence-corrected chi connectivity index (χ1v) is 8.42. The lowest BCUT2D eigenvalue weighted by atomic mass is 9.89. The van der Waals surface area contributed by atoms with Crippen molar-refractivity contribution in [1.29, 1.82) is 0 Å². The van der Waals surface area contributed by atoms with Gasteiger partial charge >= 0.3 is 0 Å². The molecule has 0 fully saturated rings. The van der Waals surface area contributed by atoms with Crippen LogP contribution in [0.5, 0.6) is 0 Å². The van der Waals surface area contributed by atoms with Crippen molar-refractivity contribution in [2.24, 2.45) is 11.8 Å². The number of nitrogens with two attached hydrogens (primary N) is 1. The SMILES string of the molecule is CCCCC(CC)CC(NN)c1cccc(C)c1I. The van der Waals surface area contributed by atoms with Gasteiger partial charge in [0.15, 0.2) is 0 Å². The highest BCUT2D eigenvalue weighted by molar-refractivity contribution is 14.1. The number of benzene rings is 1. The summed E-state index contributed by atoms with van der Waals surface area (Å²) in [6.45, 7) is 6.71. The van der Waals surface area contributed by atoms with Crippen LogP contribution >= 0.6 is 22.6 Å². The summed E-state index contributed by atoms with van der Waals surface area (Å²) in [5.74, 6) is 6.56. The highest BCUT2D eigenvalue weighted by Crippen LogP contribution is 2.30. The average molecular weight is 374 g/mol. The topological polar surface area (TPSA) is 38.0 Å². The maximum absolute atomic E-state index is 5.80. The molecule has 108 valence electrons. The van der Waals surface area contributed by atoms with Crippen LogP contribution in [-0.2, 0) is 0 Å². The molecular formula is C16H27IN2. The summed E-state index contributed by atoms with van der Waals surface area (Å²) in [4.78, 5) is 0. The second-order valence-electron chi connectivity index (χ2n) is 5.35. The molecule has 0 radical (unpaired) electrons. The normalized spacial score (nSPS) is 14.4. The van der Waals surface area contributed by atoms with E-state index in [2.05, 4.69) is 67.0 Å². The zero-order valence-electron chi connectivity index (χ0n) is 12.4. The third-order valence-electron chi connectivity index (χ3n) is 3.91. The van der Waals surface area contributed by atoms with Gasteiger partial charge in [-0.25, -0.2) is 0 Å². The predicted molar refractivity (Wildman–Crippen MR) is 91.9 cm³/mol. The van der Waals surface area contributed by atoms with Crippen LogP contribution in [0.3, 0.4) is 0 Å². The minimum atomic E-state index is 0.272. The molecular weight excluding hydrogens is 347 g/mol. The smallest absolute Gasteiger partial charge is 0.0473 e. The Morgan fingerprint density at radius 2 is 2.05 bits per heavy atom. The fourth-order valence-corrected chi connectivity index (χ4v) is 3.27. The zero-order chi connectivity index (χ0) is 14.3. The van der Waals surface area contributed by atoms with Gasteiger partial charge in [0.25, 0.3) is 0 Å². The quantitative estimate of drug-likeness (QED) is 0.393. The largest absolute Gasteiger partial charge is 0.271 e. The number of hydrogen-bond donors (Lipinski definition) is 2. The van der Waals surface area contributed by atoms with E-state index < -0.39 is 0 Å². The van der Waals surface area contributed by atoms with E-state index in [1.165, 1.54) is 40.4 Å². The van der Waals surface area contributed by atoms with Gasteiger partial charge < -0.3 is 0 Å². The summed E-state index contributed by atoms with van der Waals surface area (Å²) < 4.78 is 1.34. The summed E-state index contributed by atoms with van der Waals surface area (Å²) >= 11 is 2.44. The van der Waals surface area contributed by atoms with Crippen LogP contribution < -0.4 is 11.3 Å². The van der Waals surface area contributed by atoms with Gasteiger partial charge in [0.05, 0.1) is 0 Å². The molecule has 0 saturated carbocycles. The van der Waals surface area contributed by atoms with Crippen molar-refractivity contribution in [1.82, 2.24) is 5.43 Å². The maximum atomic E-state index is 5.80. The van der Waals surface area contributed by atoms with Crippen LogP contribution in [0.2, 0.25) is 0 Å². The Kier molecular flexibility index (Phi) is 7.95. The van der Waals surface area contributed by atoms with E-state index >= 15 is 0 Å². The number of halogens is 1. The molecule has 2 atom stereocenters. The van der Waals surface area contributed by atoms with E-state index in [0.29, 0.717) is 0 Å². The van der Waals surface area contributed by atoms with Crippen LogP contribution in [0.15, 0.2) is 18.2 Å². The van der Waals surface area contributed by atoms with Crippen molar-refractivity contribution in [2.45, 2.75) is 58.9 Å². The number of hydrogen-bond acceptors (Lipinski definition) is 2. The molecule has 0 aliphatic carbocycles. The van der Waals surface area contributed by atoms with Crippen molar-refractivity contribution >= 4 is 22.6 Å². The molecule has 1 aromatic carbocycles.